The summed E-state index contributed by atoms with van der Waals surface area (Å²) >= 11 is 7.12. The van der Waals surface area contributed by atoms with Crippen LogP contribution in [0, 0.1) is 13.8 Å². The Morgan fingerprint density at radius 2 is 1.80 bits per heavy atom. The Balaban J connectivity index is 1.54. The van der Waals surface area contributed by atoms with Crippen molar-refractivity contribution in [3.8, 4) is 11.1 Å². The maximum Gasteiger partial charge on any atom is 0.246 e. The summed E-state index contributed by atoms with van der Waals surface area (Å²) in [6.07, 6.45) is 1.39. The molecule has 2 aliphatic rings. The van der Waals surface area contributed by atoms with E-state index in [9.17, 15) is 4.79 Å². The molecule has 11 heteroatoms. The minimum Gasteiger partial charge on any atom is -0.349 e. The molecule has 4 aromatic rings. The van der Waals surface area contributed by atoms with Crippen molar-refractivity contribution in [2.24, 2.45) is 0 Å². The molecule has 2 aliphatic heterocycles. The number of hydrogen-bond donors (Lipinski definition) is 1. The number of hydrogen-bond acceptors (Lipinski definition) is 8. The van der Waals surface area contributed by atoms with E-state index in [-0.39, 0.29) is 18.0 Å². The first-order valence-electron chi connectivity index (χ1n) is 14.0. The number of H-pyrrole nitrogens is 1. The number of anilines is 2. The van der Waals surface area contributed by atoms with Gasteiger partial charge in [0.05, 0.1) is 5.52 Å². The molecule has 0 spiro atoms. The number of aromatic amines is 1. The molecule has 0 saturated carbocycles. The van der Waals surface area contributed by atoms with Gasteiger partial charge in [-0.25, -0.2) is 4.98 Å². The van der Waals surface area contributed by atoms with Gasteiger partial charge in [0.25, 0.3) is 0 Å². The number of carbonyl (C=O) groups is 1. The SMILES string of the molecule is C=CC(=O)N1C[C@H](C)N(c2nc(N3CC(N(C)C)C3)nc3c(C)c(-c4c(C)ccc5n[nH]nc45)c(Cl)cc23)C[C@H]1C. The molecule has 1 N–H and O–H groups in total. The quantitative estimate of drug-likeness (QED) is 0.355. The first-order chi connectivity index (χ1) is 19.6. The number of nitrogens with one attached hydrogen (secondary N) is 1. The molecule has 0 bridgehead atoms. The molecule has 1 amide bonds. The molecule has 2 aromatic carbocycles. The minimum absolute atomic E-state index is 0.00412. The van der Waals surface area contributed by atoms with Crippen LogP contribution in [0.2, 0.25) is 5.02 Å². The molecule has 10 nitrogen and oxygen atoms in total. The number of amides is 1. The molecule has 214 valence electrons. The molecule has 0 aliphatic carbocycles. The second-order valence-corrected chi connectivity index (χ2v) is 12.0. The normalized spacial score (nSPS) is 19.9. The van der Waals surface area contributed by atoms with E-state index in [1.807, 2.05) is 23.1 Å². The van der Waals surface area contributed by atoms with Crippen LogP contribution in [0.25, 0.3) is 33.1 Å². The third kappa shape index (κ3) is 4.49. The average Bonchev–Trinajstić information content (AvgIpc) is 3.38. The Kier molecular flexibility index (Phi) is 6.86. The molecule has 2 saturated heterocycles. The van der Waals surface area contributed by atoms with Crippen molar-refractivity contribution in [3.05, 3.63) is 47.0 Å². The first kappa shape index (κ1) is 27.4. The van der Waals surface area contributed by atoms with Gasteiger partial charge in [0.2, 0.25) is 11.9 Å². The van der Waals surface area contributed by atoms with Gasteiger partial charge < -0.3 is 19.6 Å². The van der Waals surface area contributed by atoms with Gasteiger partial charge in [-0.15, -0.1) is 0 Å². The van der Waals surface area contributed by atoms with Crippen LogP contribution in [0.4, 0.5) is 11.8 Å². The standard InChI is InChI=1S/C30H36ClN9O/c1-8-24(41)39-12-18(4)40(13-17(39)3)29-21-11-22(31)26(25-16(2)9-10-23-28(25)35-36-34-23)19(5)27(21)32-30(33-29)38-14-20(15-38)37(6)7/h8-11,17-18,20H,1,12-15H2,2-7H3,(H,34,35,36)/t17-,18+/m1/s1. The molecule has 41 heavy (non-hydrogen) atoms. The number of aromatic nitrogens is 5. The second kappa shape index (κ2) is 10.3. The summed E-state index contributed by atoms with van der Waals surface area (Å²) in [7, 11) is 4.21. The highest BCUT2D eigenvalue weighted by molar-refractivity contribution is 6.35. The number of rotatable bonds is 5. The van der Waals surface area contributed by atoms with E-state index in [1.165, 1.54) is 6.08 Å². The number of carbonyl (C=O) groups excluding carboxylic acids is 1. The summed E-state index contributed by atoms with van der Waals surface area (Å²) in [6.45, 7) is 15.0. The predicted octanol–water partition coefficient (Wildman–Crippen LogP) is 4.20. The van der Waals surface area contributed by atoms with E-state index in [1.54, 1.807) is 0 Å². The smallest absolute Gasteiger partial charge is 0.246 e. The molecule has 0 radical (unpaired) electrons. The first-order valence-corrected chi connectivity index (χ1v) is 14.4. The van der Waals surface area contributed by atoms with Crippen LogP contribution < -0.4 is 9.80 Å². The molecule has 4 heterocycles. The van der Waals surface area contributed by atoms with Crippen LogP contribution in [-0.4, -0.2) is 99.5 Å². The van der Waals surface area contributed by atoms with Crippen molar-refractivity contribution in [2.45, 2.75) is 45.8 Å². The van der Waals surface area contributed by atoms with E-state index in [0.717, 1.165) is 63.1 Å². The summed E-state index contributed by atoms with van der Waals surface area (Å²) in [5.74, 6) is 1.51. The van der Waals surface area contributed by atoms with Crippen molar-refractivity contribution in [1.29, 1.82) is 0 Å². The van der Waals surface area contributed by atoms with E-state index >= 15 is 0 Å². The van der Waals surface area contributed by atoms with Crippen LogP contribution in [0.15, 0.2) is 30.9 Å². The van der Waals surface area contributed by atoms with Crippen molar-refractivity contribution in [2.75, 3.05) is 50.1 Å². The molecule has 0 unspecified atom stereocenters. The molecule has 2 fully saturated rings. The van der Waals surface area contributed by atoms with Crippen LogP contribution in [0.5, 0.6) is 0 Å². The zero-order valence-corrected chi connectivity index (χ0v) is 25.2. The highest BCUT2D eigenvalue weighted by Gasteiger charge is 2.35. The molecular formula is C30H36ClN9O. The summed E-state index contributed by atoms with van der Waals surface area (Å²) < 4.78 is 0. The fourth-order valence-electron chi connectivity index (χ4n) is 6.15. The van der Waals surface area contributed by atoms with E-state index in [2.05, 4.69) is 78.5 Å². The Bertz CT molecular complexity index is 1680. The Labute approximate surface area is 245 Å². The van der Waals surface area contributed by atoms with Crippen LogP contribution in [0.1, 0.15) is 25.0 Å². The molecule has 6 rings (SSSR count). The second-order valence-electron chi connectivity index (χ2n) is 11.6. The zero-order chi connectivity index (χ0) is 29.2. The highest BCUT2D eigenvalue weighted by atomic mass is 35.5. The number of likely N-dealkylation sites (N-methyl/N-ethyl adjacent to an activating group) is 1. The van der Waals surface area contributed by atoms with E-state index < -0.39 is 0 Å². The van der Waals surface area contributed by atoms with Crippen molar-refractivity contribution < 1.29 is 4.79 Å². The fourth-order valence-corrected chi connectivity index (χ4v) is 6.49. The number of nitrogens with zero attached hydrogens (tertiary/aromatic N) is 8. The van der Waals surface area contributed by atoms with Gasteiger partial charge in [-0.1, -0.05) is 24.2 Å². The maximum absolute atomic E-state index is 12.5. The third-order valence-corrected chi connectivity index (χ3v) is 8.99. The minimum atomic E-state index is -0.0477. The number of piperazine rings is 1. The summed E-state index contributed by atoms with van der Waals surface area (Å²) in [5.41, 5.74) is 6.33. The largest absolute Gasteiger partial charge is 0.349 e. The van der Waals surface area contributed by atoms with Crippen molar-refractivity contribution in [3.63, 3.8) is 0 Å². The molecular weight excluding hydrogens is 538 g/mol. The lowest BCUT2D eigenvalue weighted by molar-refractivity contribution is -0.128. The van der Waals surface area contributed by atoms with E-state index in [4.69, 9.17) is 21.6 Å². The monoisotopic (exact) mass is 573 g/mol. The maximum atomic E-state index is 12.5. The Hall–Kier alpha value is -3.76. The van der Waals surface area contributed by atoms with Crippen molar-refractivity contribution in [1.82, 2.24) is 35.2 Å². The fraction of sp³-hybridized carbons (Fsp3) is 0.433. The number of aryl methyl sites for hydroxylation is 2. The number of fused-ring (bicyclic) bond motifs is 2. The van der Waals surface area contributed by atoms with Gasteiger partial charge in [-0.05, 0) is 71.1 Å². The summed E-state index contributed by atoms with van der Waals surface area (Å²) in [6, 6.07) is 6.50. The van der Waals surface area contributed by atoms with Gasteiger partial charge in [-0.3, -0.25) is 4.79 Å². The lowest BCUT2D eigenvalue weighted by atomic mass is 9.93. The van der Waals surface area contributed by atoms with Gasteiger partial charge in [0, 0.05) is 65.8 Å². The van der Waals surface area contributed by atoms with Gasteiger partial charge in [-0.2, -0.15) is 20.4 Å². The Morgan fingerprint density at radius 1 is 1.05 bits per heavy atom. The van der Waals surface area contributed by atoms with Gasteiger partial charge in [0.1, 0.15) is 16.9 Å². The predicted molar refractivity (Wildman–Crippen MR) is 165 cm³/mol. The third-order valence-electron chi connectivity index (χ3n) is 8.69. The van der Waals surface area contributed by atoms with Crippen molar-refractivity contribution >= 4 is 51.2 Å². The summed E-state index contributed by atoms with van der Waals surface area (Å²) in [5, 5.41) is 13.0. The van der Waals surface area contributed by atoms with Crippen LogP contribution in [0.3, 0.4) is 0 Å². The average molecular weight is 574 g/mol. The number of halogens is 1. The summed E-state index contributed by atoms with van der Waals surface area (Å²) in [4.78, 5) is 31.5. The lowest BCUT2D eigenvalue weighted by Gasteiger charge is -2.46. The molecule has 2 atom stereocenters. The highest BCUT2D eigenvalue weighted by Crippen LogP contribution is 2.43. The van der Waals surface area contributed by atoms with Gasteiger partial charge in [0.15, 0.2) is 0 Å². The van der Waals surface area contributed by atoms with Crippen LogP contribution >= 0.6 is 11.6 Å². The Morgan fingerprint density at radius 3 is 2.51 bits per heavy atom. The molecule has 2 aromatic heterocycles. The van der Waals surface area contributed by atoms with Crippen LogP contribution in [-0.2, 0) is 4.79 Å². The zero-order valence-electron chi connectivity index (χ0n) is 24.4. The lowest BCUT2D eigenvalue weighted by Crippen LogP contribution is -2.59. The van der Waals surface area contributed by atoms with Gasteiger partial charge >= 0.3 is 0 Å². The number of benzene rings is 2. The van der Waals surface area contributed by atoms with E-state index in [0.29, 0.717) is 30.1 Å². The topological polar surface area (TPSA) is 97.4 Å².